The molecular weight excluding hydrogens is 226 g/mol. The monoisotopic (exact) mass is 245 g/mol. The van der Waals surface area contributed by atoms with Gasteiger partial charge in [0.2, 0.25) is 0 Å². The summed E-state index contributed by atoms with van der Waals surface area (Å²) in [7, 11) is 0. The molecule has 0 atom stereocenters. The Morgan fingerprint density at radius 2 is 2.06 bits per heavy atom. The first kappa shape index (κ1) is 14.2. The fraction of sp³-hybridized carbons (Fsp3) is 0.467. The molecule has 0 unspecified atom stereocenters. The molecule has 0 spiro atoms. The molecule has 0 N–H and O–H groups in total. The molecule has 18 heavy (non-hydrogen) atoms. The lowest BCUT2D eigenvalue weighted by molar-refractivity contribution is 0.101. The lowest BCUT2D eigenvalue weighted by atomic mass is 9.93. The Morgan fingerprint density at radius 1 is 1.39 bits per heavy atom. The standard InChI is InChI=1S/C15H19NO2/c1-11(17)13-6-5-12(10-16)9-14(13)18-8-7-15(2,3)4/h5-6,9H,7-8H2,1-4H3. The Balaban J connectivity index is 2.85. The van der Waals surface area contributed by atoms with E-state index in [0.717, 1.165) is 6.42 Å². The molecule has 0 saturated heterocycles. The van der Waals surface area contributed by atoms with Gasteiger partial charge in [0.15, 0.2) is 5.78 Å². The second kappa shape index (κ2) is 5.68. The fourth-order valence-corrected chi connectivity index (χ4v) is 1.47. The maximum absolute atomic E-state index is 11.5. The van der Waals surface area contributed by atoms with Gasteiger partial charge in [0.05, 0.1) is 23.8 Å². The molecule has 1 aromatic carbocycles. The maximum Gasteiger partial charge on any atom is 0.163 e. The summed E-state index contributed by atoms with van der Waals surface area (Å²) in [6, 6.07) is 6.95. The van der Waals surface area contributed by atoms with Crippen LogP contribution in [-0.4, -0.2) is 12.4 Å². The Morgan fingerprint density at radius 3 is 2.56 bits per heavy atom. The van der Waals surface area contributed by atoms with Crippen LogP contribution in [0.15, 0.2) is 18.2 Å². The first-order valence-electron chi connectivity index (χ1n) is 6.01. The third-order valence-corrected chi connectivity index (χ3v) is 2.60. The van der Waals surface area contributed by atoms with Crippen molar-refractivity contribution in [3.63, 3.8) is 0 Å². The normalized spacial score (nSPS) is 10.8. The van der Waals surface area contributed by atoms with Crippen LogP contribution in [0.1, 0.15) is 50.0 Å². The first-order chi connectivity index (χ1) is 8.33. The van der Waals surface area contributed by atoms with Crippen LogP contribution < -0.4 is 4.74 Å². The average Bonchev–Trinajstić information content (AvgIpc) is 2.26. The van der Waals surface area contributed by atoms with E-state index in [1.165, 1.54) is 6.92 Å². The molecular formula is C15H19NO2. The fourth-order valence-electron chi connectivity index (χ4n) is 1.47. The van der Waals surface area contributed by atoms with Crippen LogP contribution in [0.5, 0.6) is 5.75 Å². The summed E-state index contributed by atoms with van der Waals surface area (Å²) in [5.74, 6) is 0.455. The van der Waals surface area contributed by atoms with Crippen molar-refractivity contribution >= 4 is 5.78 Å². The molecule has 0 heterocycles. The van der Waals surface area contributed by atoms with Crippen molar-refractivity contribution in [1.82, 2.24) is 0 Å². The van der Waals surface area contributed by atoms with Crippen LogP contribution >= 0.6 is 0 Å². The molecule has 0 aromatic heterocycles. The van der Waals surface area contributed by atoms with E-state index in [4.69, 9.17) is 10.00 Å². The largest absolute Gasteiger partial charge is 0.493 e. The number of ether oxygens (including phenoxy) is 1. The summed E-state index contributed by atoms with van der Waals surface area (Å²) in [6.07, 6.45) is 0.890. The minimum atomic E-state index is -0.0507. The minimum absolute atomic E-state index is 0.0507. The number of carbonyl (C=O) groups is 1. The number of hydrogen-bond donors (Lipinski definition) is 0. The van der Waals surface area contributed by atoms with Crippen LogP contribution in [-0.2, 0) is 0 Å². The number of ketones is 1. The van der Waals surface area contributed by atoms with E-state index < -0.39 is 0 Å². The number of hydrogen-bond acceptors (Lipinski definition) is 3. The van der Waals surface area contributed by atoms with Crippen molar-refractivity contribution in [2.75, 3.05) is 6.61 Å². The molecule has 1 rings (SSSR count). The van der Waals surface area contributed by atoms with Gasteiger partial charge >= 0.3 is 0 Å². The van der Waals surface area contributed by atoms with Crippen LogP contribution in [0.3, 0.4) is 0 Å². The van der Waals surface area contributed by atoms with Crippen molar-refractivity contribution < 1.29 is 9.53 Å². The van der Waals surface area contributed by atoms with Gasteiger partial charge in [-0.15, -0.1) is 0 Å². The molecule has 0 amide bonds. The van der Waals surface area contributed by atoms with Crippen molar-refractivity contribution in [3.8, 4) is 11.8 Å². The van der Waals surface area contributed by atoms with E-state index in [-0.39, 0.29) is 11.2 Å². The summed E-state index contributed by atoms with van der Waals surface area (Å²) in [4.78, 5) is 11.5. The first-order valence-corrected chi connectivity index (χ1v) is 6.01. The molecule has 0 aliphatic heterocycles. The third-order valence-electron chi connectivity index (χ3n) is 2.60. The topological polar surface area (TPSA) is 50.1 Å². The van der Waals surface area contributed by atoms with E-state index in [9.17, 15) is 4.79 Å². The van der Waals surface area contributed by atoms with Gasteiger partial charge in [0.1, 0.15) is 5.75 Å². The second-order valence-corrected chi connectivity index (χ2v) is 5.54. The SMILES string of the molecule is CC(=O)c1ccc(C#N)cc1OCCC(C)(C)C. The van der Waals surface area contributed by atoms with Crippen molar-refractivity contribution in [1.29, 1.82) is 5.26 Å². The number of Topliss-reactive ketones (excluding diaryl/α,β-unsaturated/α-hetero) is 1. The lowest BCUT2D eigenvalue weighted by Gasteiger charge is -2.18. The summed E-state index contributed by atoms with van der Waals surface area (Å²) < 4.78 is 5.65. The molecule has 3 heteroatoms. The molecule has 96 valence electrons. The van der Waals surface area contributed by atoms with Gasteiger partial charge in [-0.25, -0.2) is 0 Å². The number of rotatable bonds is 4. The second-order valence-electron chi connectivity index (χ2n) is 5.54. The zero-order valence-corrected chi connectivity index (χ0v) is 11.4. The van der Waals surface area contributed by atoms with Gasteiger partial charge in [-0.05, 0) is 37.0 Å². The van der Waals surface area contributed by atoms with E-state index in [1.807, 2.05) is 6.07 Å². The van der Waals surface area contributed by atoms with Crippen LogP contribution in [0, 0.1) is 16.7 Å². The summed E-state index contributed by atoms with van der Waals surface area (Å²) in [5, 5.41) is 8.86. The van der Waals surface area contributed by atoms with Crippen LogP contribution in [0.25, 0.3) is 0 Å². The number of nitrogens with zero attached hydrogens (tertiary/aromatic N) is 1. The van der Waals surface area contributed by atoms with E-state index in [0.29, 0.717) is 23.5 Å². The Hall–Kier alpha value is -1.82. The van der Waals surface area contributed by atoms with Gasteiger partial charge in [0.25, 0.3) is 0 Å². The molecule has 0 saturated carbocycles. The van der Waals surface area contributed by atoms with Crippen molar-refractivity contribution in [2.45, 2.75) is 34.1 Å². The van der Waals surface area contributed by atoms with Crippen LogP contribution in [0.2, 0.25) is 0 Å². The van der Waals surface area contributed by atoms with E-state index in [2.05, 4.69) is 20.8 Å². The average molecular weight is 245 g/mol. The highest BCUT2D eigenvalue weighted by molar-refractivity contribution is 5.97. The molecule has 0 aliphatic carbocycles. The van der Waals surface area contributed by atoms with Gasteiger partial charge in [0, 0.05) is 0 Å². The van der Waals surface area contributed by atoms with Gasteiger partial charge < -0.3 is 4.74 Å². The van der Waals surface area contributed by atoms with E-state index in [1.54, 1.807) is 18.2 Å². The summed E-state index contributed by atoms with van der Waals surface area (Å²) >= 11 is 0. The zero-order chi connectivity index (χ0) is 13.8. The van der Waals surface area contributed by atoms with Gasteiger partial charge in [-0.1, -0.05) is 20.8 Å². The van der Waals surface area contributed by atoms with E-state index >= 15 is 0 Å². The highest BCUT2D eigenvalue weighted by Gasteiger charge is 2.13. The highest BCUT2D eigenvalue weighted by atomic mass is 16.5. The third kappa shape index (κ3) is 4.21. The molecule has 1 aromatic rings. The Labute approximate surface area is 108 Å². The molecule has 0 radical (unpaired) electrons. The zero-order valence-electron chi connectivity index (χ0n) is 11.4. The maximum atomic E-state index is 11.5. The lowest BCUT2D eigenvalue weighted by Crippen LogP contribution is -2.12. The summed E-state index contributed by atoms with van der Waals surface area (Å²) in [6.45, 7) is 8.44. The van der Waals surface area contributed by atoms with Gasteiger partial charge in [-0.2, -0.15) is 5.26 Å². The number of carbonyl (C=O) groups excluding carboxylic acids is 1. The number of benzene rings is 1. The summed E-state index contributed by atoms with van der Waals surface area (Å²) in [5.41, 5.74) is 1.22. The molecule has 0 bridgehead atoms. The van der Waals surface area contributed by atoms with Gasteiger partial charge in [-0.3, -0.25) is 4.79 Å². The predicted octanol–water partition coefficient (Wildman–Crippen LogP) is 3.58. The van der Waals surface area contributed by atoms with Crippen LogP contribution in [0.4, 0.5) is 0 Å². The quantitative estimate of drug-likeness (QED) is 0.762. The minimum Gasteiger partial charge on any atom is -0.493 e. The molecule has 3 nitrogen and oxygen atoms in total. The number of nitriles is 1. The van der Waals surface area contributed by atoms with Crippen molar-refractivity contribution in [2.24, 2.45) is 5.41 Å². The molecule has 0 fully saturated rings. The Bertz CT molecular complexity index is 478. The predicted molar refractivity (Wildman–Crippen MR) is 70.7 cm³/mol. The smallest absolute Gasteiger partial charge is 0.163 e. The van der Waals surface area contributed by atoms with Crippen molar-refractivity contribution in [3.05, 3.63) is 29.3 Å². The molecule has 0 aliphatic rings. The highest BCUT2D eigenvalue weighted by Crippen LogP contribution is 2.23. The Kier molecular flexibility index (Phi) is 4.49.